The van der Waals surface area contributed by atoms with E-state index in [4.69, 9.17) is 0 Å². The van der Waals surface area contributed by atoms with E-state index in [0.29, 0.717) is 11.1 Å². The Morgan fingerprint density at radius 2 is 1.71 bits per heavy atom. The summed E-state index contributed by atoms with van der Waals surface area (Å²) in [6.07, 6.45) is 0.204. The Morgan fingerprint density at radius 3 is 2.17 bits per heavy atom. The molecule has 0 saturated carbocycles. The number of nitrogens with one attached hydrogen (secondary N) is 2. The van der Waals surface area contributed by atoms with Gasteiger partial charge in [-0.1, -0.05) is 17.7 Å². The molecule has 2 atom stereocenters. The molecule has 0 radical (unpaired) electrons. The molecule has 0 aliphatic carbocycles. The summed E-state index contributed by atoms with van der Waals surface area (Å²) in [7, 11) is 0. The Morgan fingerprint density at radius 1 is 1.12 bits per heavy atom. The fourth-order valence-corrected chi connectivity index (χ4v) is 2.13. The Balaban J connectivity index is 2.87. The van der Waals surface area contributed by atoms with Gasteiger partial charge in [-0.25, -0.2) is 9.18 Å². The molecule has 0 fully saturated rings. The normalized spacial score (nSPS) is 12.8. The second kappa shape index (κ2) is 8.81. The first kappa shape index (κ1) is 19.3. The van der Waals surface area contributed by atoms with Gasteiger partial charge in [-0.3, -0.25) is 9.59 Å². The molecule has 1 aromatic carbocycles. The molecule has 2 amide bonds. The average molecular weight is 336 g/mol. The summed E-state index contributed by atoms with van der Waals surface area (Å²) in [4.78, 5) is 34.9. The van der Waals surface area contributed by atoms with Gasteiger partial charge in [-0.2, -0.15) is 0 Å². The van der Waals surface area contributed by atoms with Crippen LogP contribution in [-0.2, 0) is 20.8 Å². The Labute approximate surface area is 139 Å². The van der Waals surface area contributed by atoms with E-state index in [2.05, 4.69) is 17.2 Å². The maximum Gasteiger partial charge on any atom is 0.326 e. The van der Waals surface area contributed by atoms with Gasteiger partial charge in [0.15, 0.2) is 0 Å². The van der Waals surface area contributed by atoms with E-state index < -0.39 is 35.7 Å². The molecule has 0 aromatic heterocycles. The highest BCUT2D eigenvalue weighted by Crippen LogP contribution is 2.08. The first-order valence-corrected chi connectivity index (χ1v) is 7.38. The molecule has 0 spiro atoms. The van der Waals surface area contributed by atoms with Crippen LogP contribution in [0, 0.1) is 5.82 Å². The molecule has 7 heteroatoms. The largest absolute Gasteiger partial charge is 0.480 e. The van der Waals surface area contributed by atoms with E-state index in [0.717, 1.165) is 0 Å². The zero-order valence-electron chi connectivity index (χ0n) is 13.6. The summed E-state index contributed by atoms with van der Waals surface area (Å²) in [6.45, 7) is 6.55. The summed E-state index contributed by atoms with van der Waals surface area (Å²) < 4.78 is 13.0. The highest BCUT2D eigenvalue weighted by molar-refractivity contribution is 5.90. The summed E-state index contributed by atoms with van der Waals surface area (Å²) in [5, 5.41) is 14.0. The van der Waals surface area contributed by atoms with Crippen molar-refractivity contribution >= 4 is 17.8 Å². The van der Waals surface area contributed by atoms with Gasteiger partial charge < -0.3 is 15.7 Å². The second-order valence-electron chi connectivity index (χ2n) is 5.64. The van der Waals surface area contributed by atoms with Crippen molar-refractivity contribution in [1.82, 2.24) is 10.6 Å². The molecule has 0 saturated heterocycles. The van der Waals surface area contributed by atoms with Crippen LogP contribution in [0.4, 0.5) is 4.39 Å². The molecule has 1 aromatic rings. The lowest BCUT2D eigenvalue weighted by Gasteiger charge is -2.21. The van der Waals surface area contributed by atoms with Gasteiger partial charge in [-0.15, -0.1) is 6.58 Å². The average Bonchev–Trinajstić information content (AvgIpc) is 2.47. The van der Waals surface area contributed by atoms with Crippen molar-refractivity contribution in [1.29, 1.82) is 0 Å². The third kappa shape index (κ3) is 6.60. The van der Waals surface area contributed by atoms with Crippen molar-refractivity contribution in [2.45, 2.75) is 38.8 Å². The fourth-order valence-electron chi connectivity index (χ4n) is 2.13. The van der Waals surface area contributed by atoms with Crippen molar-refractivity contribution in [3.8, 4) is 0 Å². The van der Waals surface area contributed by atoms with E-state index in [-0.39, 0.29) is 12.8 Å². The number of rotatable bonds is 8. The third-order valence-corrected chi connectivity index (χ3v) is 3.21. The summed E-state index contributed by atoms with van der Waals surface area (Å²) in [5.74, 6) is -2.64. The molecule has 0 bridgehead atoms. The van der Waals surface area contributed by atoms with Crippen LogP contribution < -0.4 is 10.6 Å². The zero-order chi connectivity index (χ0) is 18.3. The van der Waals surface area contributed by atoms with Gasteiger partial charge in [0.25, 0.3) is 0 Å². The Kier molecular flexibility index (Phi) is 7.10. The molecule has 1 rings (SSSR count). The van der Waals surface area contributed by atoms with E-state index in [9.17, 15) is 23.9 Å². The maximum absolute atomic E-state index is 13.0. The minimum absolute atomic E-state index is 0.0877. The van der Waals surface area contributed by atoms with Gasteiger partial charge in [-0.05, 0) is 31.0 Å². The molecule has 130 valence electrons. The van der Waals surface area contributed by atoms with Crippen molar-refractivity contribution in [2.75, 3.05) is 0 Å². The first-order chi connectivity index (χ1) is 11.2. The molecule has 3 N–H and O–H groups in total. The lowest BCUT2D eigenvalue weighted by Crippen LogP contribution is -2.52. The minimum Gasteiger partial charge on any atom is -0.480 e. The SMILES string of the molecule is C=C(C)C[C@H](NC(=O)[C@H](Cc1ccc(F)cc1)NC(C)=O)C(=O)O. The Hall–Kier alpha value is -2.70. The van der Waals surface area contributed by atoms with Crippen LogP contribution in [0.3, 0.4) is 0 Å². The number of hydrogen-bond acceptors (Lipinski definition) is 3. The van der Waals surface area contributed by atoms with Crippen molar-refractivity contribution < 1.29 is 23.9 Å². The van der Waals surface area contributed by atoms with Crippen LogP contribution in [0.1, 0.15) is 25.8 Å². The van der Waals surface area contributed by atoms with Crippen molar-refractivity contribution in [3.05, 3.63) is 47.8 Å². The van der Waals surface area contributed by atoms with Gasteiger partial charge in [0.05, 0.1) is 0 Å². The number of benzene rings is 1. The van der Waals surface area contributed by atoms with E-state index in [1.165, 1.54) is 31.2 Å². The predicted molar refractivity (Wildman–Crippen MR) is 86.7 cm³/mol. The third-order valence-electron chi connectivity index (χ3n) is 3.21. The number of aliphatic carboxylic acids is 1. The molecule has 0 heterocycles. The molecule has 0 aliphatic heterocycles. The number of amides is 2. The molecule has 6 nitrogen and oxygen atoms in total. The van der Waals surface area contributed by atoms with Crippen LogP contribution in [0.15, 0.2) is 36.4 Å². The highest BCUT2D eigenvalue weighted by Gasteiger charge is 2.26. The van der Waals surface area contributed by atoms with E-state index in [1.807, 2.05) is 0 Å². The summed E-state index contributed by atoms with van der Waals surface area (Å²) >= 11 is 0. The number of carbonyl (C=O) groups excluding carboxylic acids is 2. The topological polar surface area (TPSA) is 95.5 Å². The van der Waals surface area contributed by atoms with Gasteiger partial charge in [0, 0.05) is 13.3 Å². The van der Waals surface area contributed by atoms with E-state index >= 15 is 0 Å². The van der Waals surface area contributed by atoms with Gasteiger partial charge in [0.1, 0.15) is 17.9 Å². The number of hydrogen-bond donors (Lipinski definition) is 3. The van der Waals surface area contributed by atoms with Crippen molar-refractivity contribution in [2.24, 2.45) is 0 Å². The number of halogens is 1. The van der Waals surface area contributed by atoms with Crippen molar-refractivity contribution in [3.63, 3.8) is 0 Å². The number of carbonyl (C=O) groups is 3. The lowest BCUT2D eigenvalue weighted by molar-refractivity contribution is -0.142. The van der Waals surface area contributed by atoms with Crippen LogP contribution in [0.2, 0.25) is 0 Å². The van der Waals surface area contributed by atoms with Gasteiger partial charge in [0.2, 0.25) is 11.8 Å². The molecule has 24 heavy (non-hydrogen) atoms. The fraction of sp³-hybridized carbons (Fsp3) is 0.353. The second-order valence-corrected chi connectivity index (χ2v) is 5.64. The lowest BCUT2D eigenvalue weighted by atomic mass is 10.0. The molecular weight excluding hydrogens is 315 g/mol. The molecule has 0 aliphatic rings. The zero-order valence-corrected chi connectivity index (χ0v) is 13.6. The standard InChI is InChI=1S/C17H21FN2O4/c1-10(2)8-15(17(23)24)20-16(22)14(19-11(3)21)9-12-4-6-13(18)7-5-12/h4-7,14-15H,1,8-9H2,2-3H3,(H,19,21)(H,20,22)(H,23,24)/t14-,15-/m0/s1. The quantitative estimate of drug-likeness (QED) is 0.626. The van der Waals surface area contributed by atoms with Crippen LogP contribution in [0.5, 0.6) is 0 Å². The van der Waals surface area contributed by atoms with Gasteiger partial charge >= 0.3 is 5.97 Å². The first-order valence-electron chi connectivity index (χ1n) is 7.38. The monoisotopic (exact) mass is 336 g/mol. The molecule has 0 unspecified atom stereocenters. The number of carboxylic acids is 1. The highest BCUT2D eigenvalue weighted by atomic mass is 19.1. The Bertz CT molecular complexity index is 628. The maximum atomic E-state index is 13.0. The van der Waals surface area contributed by atoms with Crippen LogP contribution in [-0.4, -0.2) is 35.0 Å². The van der Waals surface area contributed by atoms with Crippen LogP contribution in [0.25, 0.3) is 0 Å². The predicted octanol–water partition coefficient (Wildman–Crippen LogP) is 1.41. The summed E-state index contributed by atoms with van der Waals surface area (Å²) in [5.41, 5.74) is 1.24. The number of carboxylic acid groups (broad SMARTS) is 1. The molecular formula is C17H21FN2O4. The van der Waals surface area contributed by atoms with E-state index in [1.54, 1.807) is 6.92 Å². The smallest absolute Gasteiger partial charge is 0.326 e. The van der Waals surface area contributed by atoms with Crippen LogP contribution >= 0.6 is 0 Å². The minimum atomic E-state index is -1.19. The summed E-state index contributed by atoms with van der Waals surface area (Å²) in [6, 6.07) is 3.41.